The minimum absolute atomic E-state index is 0.00169. The summed E-state index contributed by atoms with van der Waals surface area (Å²) < 4.78 is 30.5. The van der Waals surface area contributed by atoms with Crippen molar-refractivity contribution in [3.05, 3.63) is 54.1 Å². The van der Waals surface area contributed by atoms with Crippen LogP contribution < -0.4 is 14.4 Å². The van der Waals surface area contributed by atoms with E-state index in [-0.39, 0.29) is 12.5 Å². The molecule has 0 aliphatic carbocycles. The molecule has 2 aromatic carbocycles. The maximum Gasteiger partial charge on any atom is 0.265 e. The number of hydrogen-bond donors (Lipinski definition) is 1. The molecule has 0 fully saturated rings. The molecule has 1 aliphatic heterocycles. The highest BCUT2D eigenvalue weighted by Crippen LogP contribution is 2.32. The van der Waals surface area contributed by atoms with Gasteiger partial charge in [0.15, 0.2) is 6.61 Å². The largest absolute Gasteiger partial charge is 0.482 e. The van der Waals surface area contributed by atoms with Gasteiger partial charge < -0.3 is 9.64 Å². The zero-order valence-electron chi connectivity index (χ0n) is 12.5. The number of ether oxygens (including phenoxy) is 1. The second kappa shape index (κ2) is 5.92. The molecule has 1 N–H and O–H groups in total. The number of sulfonamides is 1. The van der Waals surface area contributed by atoms with Crippen LogP contribution >= 0.6 is 0 Å². The molecule has 0 radical (unpaired) electrons. The SMILES string of the molecule is CS(=O)(=O)Nc1cccc(CN2C(=O)COc3ccccc32)c1. The Labute approximate surface area is 134 Å². The number of carbonyl (C=O) groups excluding carboxylic acids is 1. The van der Waals surface area contributed by atoms with E-state index in [0.29, 0.717) is 23.7 Å². The molecule has 120 valence electrons. The number of hydrogen-bond acceptors (Lipinski definition) is 4. The minimum Gasteiger partial charge on any atom is -0.482 e. The fourth-order valence-corrected chi connectivity index (χ4v) is 3.01. The monoisotopic (exact) mass is 332 g/mol. The molecule has 3 rings (SSSR count). The van der Waals surface area contributed by atoms with E-state index in [4.69, 9.17) is 4.74 Å². The molecular weight excluding hydrogens is 316 g/mol. The zero-order chi connectivity index (χ0) is 16.4. The number of nitrogens with zero attached hydrogens (tertiary/aromatic N) is 1. The molecule has 7 heteroatoms. The van der Waals surface area contributed by atoms with Gasteiger partial charge in [0, 0.05) is 5.69 Å². The first-order valence-electron chi connectivity index (χ1n) is 7.01. The molecule has 1 amide bonds. The number of para-hydroxylation sites is 2. The lowest BCUT2D eigenvalue weighted by Crippen LogP contribution is -2.38. The van der Waals surface area contributed by atoms with Gasteiger partial charge in [-0.2, -0.15) is 0 Å². The van der Waals surface area contributed by atoms with Crippen molar-refractivity contribution >= 4 is 27.3 Å². The van der Waals surface area contributed by atoms with Crippen molar-refractivity contribution in [2.24, 2.45) is 0 Å². The molecule has 23 heavy (non-hydrogen) atoms. The van der Waals surface area contributed by atoms with E-state index in [1.165, 1.54) is 0 Å². The number of benzene rings is 2. The first kappa shape index (κ1) is 15.4. The Morgan fingerprint density at radius 3 is 2.74 bits per heavy atom. The number of carbonyl (C=O) groups is 1. The van der Waals surface area contributed by atoms with Crippen LogP contribution in [0.25, 0.3) is 0 Å². The molecule has 2 aromatic rings. The molecule has 0 saturated carbocycles. The first-order valence-corrected chi connectivity index (χ1v) is 8.90. The lowest BCUT2D eigenvalue weighted by Gasteiger charge is -2.29. The summed E-state index contributed by atoms with van der Waals surface area (Å²) in [5, 5.41) is 0. The molecular formula is C16H16N2O4S. The Balaban J connectivity index is 1.87. The summed E-state index contributed by atoms with van der Waals surface area (Å²) in [6.45, 7) is 0.344. The summed E-state index contributed by atoms with van der Waals surface area (Å²) in [6.07, 6.45) is 1.10. The van der Waals surface area contributed by atoms with Crippen molar-refractivity contribution in [2.75, 3.05) is 22.5 Å². The normalized spacial score (nSPS) is 14.1. The van der Waals surface area contributed by atoms with Gasteiger partial charge in [0.25, 0.3) is 5.91 Å². The molecule has 0 aromatic heterocycles. The smallest absolute Gasteiger partial charge is 0.265 e. The average molecular weight is 332 g/mol. The van der Waals surface area contributed by atoms with Crippen molar-refractivity contribution in [3.8, 4) is 5.75 Å². The lowest BCUT2D eigenvalue weighted by atomic mass is 10.1. The summed E-state index contributed by atoms with van der Waals surface area (Å²) in [7, 11) is -3.34. The molecule has 0 unspecified atom stereocenters. The van der Waals surface area contributed by atoms with Gasteiger partial charge >= 0.3 is 0 Å². The average Bonchev–Trinajstić information content (AvgIpc) is 2.49. The van der Waals surface area contributed by atoms with Crippen molar-refractivity contribution in [2.45, 2.75) is 6.54 Å². The zero-order valence-corrected chi connectivity index (χ0v) is 13.3. The van der Waals surface area contributed by atoms with Crippen LogP contribution in [0.3, 0.4) is 0 Å². The van der Waals surface area contributed by atoms with Gasteiger partial charge in [0.05, 0.1) is 18.5 Å². The van der Waals surface area contributed by atoms with Crippen molar-refractivity contribution in [1.82, 2.24) is 0 Å². The van der Waals surface area contributed by atoms with Crippen LogP contribution in [0.1, 0.15) is 5.56 Å². The summed E-state index contributed by atoms with van der Waals surface area (Å²) in [4.78, 5) is 13.8. The Bertz CT molecular complexity index is 849. The number of amides is 1. The van der Waals surface area contributed by atoms with E-state index < -0.39 is 10.0 Å². The van der Waals surface area contributed by atoms with E-state index in [1.807, 2.05) is 30.3 Å². The van der Waals surface area contributed by atoms with Crippen LogP contribution in [0.15, 0.2) is 48.5 Å². The highest BCUT2D eigenvalue weighted by molar-refractivity contribution is 7.92. The van der Waals surface area contributed by atoms with Crippen molar-refractivity contribution < 1.29 is 17.9 Å². The van der Waals surface area contributed by atoms with Gasteiger partial charge in [0.2, 0.25) is 10.0 Å². The van der Waals surface area contributed by atoms with Crippen LogP contribution in [0.5, 0.6) is 5.75 Å². The third kappa shape index (κ3) is 3.62. The predicted octanol–water partition coefficient (Wildman–Crippen LogP) is 1.98. The Kier molecular flexibility index (Phi) is 3.96. The quantitative estimate of drug-likeness (QED) is 0.929. The Hall–Kier alpha value is -2.54. The van der Waals surface area contributed by atoms with E-state index in [2.05, 4.69) is 4.72 Å². The van der Waals surface area contributed by atoms with Gasteiger partial charge in [-0.3, -0.25) is 9.52 Å². The number of anilines is 2. The van der Waals surface area contributed by atoms with Crippen LogP contribution in [-0.4, -0.2) is 27.2 Å². The Morgan fingerprint density at radius 2 is 1.96 bits per heavy atom. The highest BCUT2D eigenvalue weighted by Gasteiger charge is 2.25. The maximum atomic E-state index is 12.2. The Morgan fingerprint density at radius 1 is 1.17 bits per heavy atom. The molecule has 0 saturated heterocycles. The summed E-state index contributed by atoms with van der Waals surface area (Å²) in [5.74, 6) is 0.530. The second-order valence-electron chi connectivity index (χ2n) is 5.31. The summed E-state index contributed by atoms with van der Waals surface area (Å²) in [5.41, 5.74) is 2.01. The highest BCUT2D eigenvalue weighted by atomic mass is 32.2. The van der Waals surface area contributed by atoms with E-state index in [0.717, 1.165) is 11.8 Å². The van der Waals surface area contributed by atoms with Crippen molar-refractivity contribution in [1.29, 1.82) is 0 Å². The molecule has 0 atom stereocenters. The standard InChI is InChI=1S/C16H16N2O4S/c1-23(20,21)17-13-6-4-5-12(9-13)10-18-14-7-2-3-8-15(14)22-11-16(18)19/h2-9,17H,10-11H2,1H3. The van der Waals surface area contributed by atoms with Gasteiger partial charge in [0.1, 0.15) is 5.75 Å². The van der Waals surface area contributed by atoms with Gasteiger partial charge in [-0.25, -0.2) is 8.42 Å². The first-order chi connectivity index (χ1) is 10.9. The topological polar surface area (TPSA) is 75.7 Å². The van der Waals surface area contributed by atoms with Gasteiger partial charge in [-0.05, 0) is 29.8 Å². The summed E-state index contributed by atoms with van der Waals surface area (Å²) >= 11 is 0. The predicted molar refractivity (Wildman–Crippen MR) is 88.0 cm³/mol. The van der Waals surface area contributed by atoms with Crippen LogP contribution in [0, 0.1) is 0 Å². The van der Waals surface area contributed by atoms with Gasteiger partial charge in [-0.15, -0.1) is 0 Å². The maximum absolute atomic E-state index is 12.2. The fourth-order valence-electron chi connectivity index (χ4n) is 2.46. The van der Waals surface area contributed by atoms with Crippen LogP contribution in [0.2, 0.25) is 0 Å². The fraction of sp³-hybridized carbons (Fsp3) is 0.188. The molecule has 6 nitrogen and oxygen atoms in total. The number of nitrogens with one attached hydrogen (secondary N) is 1. The third-order valence-corrected chi connectivity index (χ3v) is 3.99. The number of rotatable bonds is 4. The number of fused-ring (bicyclic) bond motifs is 1. The van der Waals surface area contributed by atoms with E-state index in [1.54, 1.807) is 23.1 Å². The molecule has 0 bridgehead atoms. The van der Waals surface area contributed by atoms with Gasteiger partial charge in [-0.1, -0.05) is 24.3 Å². The second-order valence-corrected chi connectivity index (χ2v) is 7.06. The van der Waals surface area contributed by atoms with E-state index >= 15 is 0 Å². The third-order valence-electron chi connectivity index (χ3n) is 3.38. The minimum atomic E-state index is -3.34. The van der Waals surface area contributed by atoms with Crippen LogP contribution in [-0.2, 0) is 21.4 Å². The summed E-state index contributed by atoms with van der Waals surface area (Å²) in [6, 6.07) is 14.3. The van der Waals surface area contributed by atoms with Crippen molar-refractivity contribution in [3.63, 3.8) is 0 Å². The molecule has 1 aliphatic rings. The van der Waals surface area contributed by atoms with Crippen LogP contribution in [0.4, 0.5) is 11.4 Å². The molecule has 0 spiro atoms. The van der Waals surface area contributed by atoms with E-state index in [9.17, 15) is 13.2 Å². The lowest BCUT2D eigenvalue weighted by molar-refractivity contribution is -0.121. The molecule has 1 heterocycles.